The van der Waals surface area contributed by atoms with Crippen molar-refractivity contribution in [3.8, 4) is 5.75 Å². The van der Waals surface area contributed by atoms with Gasteiger partial charge in [-0.1, -0.05) is 39.0 Å². The van der Waals surface area contributed by atoms with Crippen molar-refractivity contribution in [1.82, 2.24) is 0 Å². The lowest BCUT2D eigenvalue weighted by Gasteiger charge is -2.08. The zero-order valence-corrected chi connectivity index (χ0v) is 12.1. The SMILES string of the molecule is CCCCCCCCOc1ccc2c(c1)C(=N)N=C2N. The maximum absolute atomic E-state index is 7.74. The van der Waals surface area contributed by atoms with E-state index in [1.54, 1.807) is 0 Å². The highest BCUT2D eigenvalue weighted by atomic mass is 16.5. The third-order valence-electron chi connectivity index (χ3n) is 3.52. The molecule has 1 heterocycles. The Labute approximate surface area is 120 Å². The number of aliphatic imine (C=N–C) groups is 1. The molecule has 0 aromatic heterocycles. The van der Waals surface area contributed by atoms with E-state index in [2.05, 4.69) is 11.9 Å². The molecule has 4 nitrogen and oxygen atoms in total. The summed E-state index contributed by atoms with van der Waals surface area (Å²) in [5.74, 6) is 1.45. The van der Waals surface area contributed by atoms with Gasteiger partial charge in [0.15, 0.2) is 5.84 Å². The van der Waals surface area contributed by atoms with E-state index in [1.807, 2.05) is 18.2 Å². The van der Waals surface area contributed by atoms with Crippen LogP contribution in [0.5, 0.6) is 5.75 Å². The number of fused-ring (bicyclic) bond motifs is 1. The van der Waals surface area contributed by atoms with Gasteiger partial charge in [0, 0.05) is 11.1 Å². The van der Waals surface area contributed by atoms with Crippen molar-refractivity contribution in [2.24, 2.45) is 10.7 Å². The second kappa shape index (κ2) is 7.08. The Morgan fingerprint density at radius 2 is 1.85 bits per heavy atom. The van der Waals surface area contributed by atoms with Crippen LogP contribution in [0.15, 0.2) is 23.2 Å². The monoisotopic (exact) mass is 273 g/mol. The summed E-state index contributed by atoms with van der Waals surface area (Å²) in [6.07, 6.45) is 7.52. The number of amidine groups is 2. The van der Waals surface area contributed by atoms with Gasteiger partial charge < -0.3 is 10.5 Å². The van der Waals surface area contributed by atoms with Gasteiger partial charge in [-0.15, -0.1) is 0 Å². The predicted molar refractivity (Wildman–Crippen MR) is 82.9 cm³/mol. The molecule has 0 saturated carbocycles. The van der Waals surface area contributed by atoms with Crippen LogP contribution >= 0.6 is 0 Å². The van der Waals surface area contributed by atoms with Gasteiger partial charge in [-0.05, 0) is 24.6 Å². The second-order valence-electron chi connectivity index (χ2n) is 5.17. The molecule has 0 aliphatic carbocycles. The van der Waals surface area contributed by atoms with Gasteiger partial charge in [0.2, 0.25) is 0 Å². The van der Waals surface area contributed by atoms with E-state index in [0.29, 0.717) is 5.84 Å². The number of benzene rings is 1. The molecular weight excluding hydrogens is 250 g/mol. The molecule has 0 bridgehead atoms. The number of nitrogens with one attached hydrogen (secondary N) is 1. The minimum Gasteiger partial charge on any atom is -0.494 e. The molecule has 4 heteroatoms. The van der Waals surface area contributed by atoms with E-state index in [0.717, 1.165) is 29.9 Å². The van der Waals surface area contributed by atoms with E-state index in [-0.39, 0.29) is 5.84 Å². The molecular formula is C16H23N3O. The van der Waals surface area contributed by atoms with Gasteiger partial charge in [0.05, 0.1) is 6.61 Å². The normalized spacial score (nSPS) is 13.2. The van der Waals surface area contributed by atoms with Gasteiger partial charge in [-0.25, -0.2) is 4.99 Å². The average molecular weight is 273 g/mol. The van der Waals surface area contributed by atoms with E-state index in [4.69, 9.17) is 15.9 Å². The zero-order valence-electron chi connectivity index (χ0n) is 12.1. The predicted octanol–water partition coefficient (Wildman–Crippen LogP) is 3.47. The van der Waals surface area contributed by atoms with Crippen LogP contribution in [0.1, 0.15) is 56.6 Å². The first-order valence-electron chi connectivity index (χ1n) is 7.42. The van der Waals surface area contributed by atoms with Crippen LogP contribution in [0.2, 0.25) is 0 Å². The molecule has 108 valence electrons. The fraction of sp³-hybridized carbons (Fsp3) is 0.500. The Hall–Kier alpha value is -1.84. The lowest BCUT2D eigenvalue weighted by Crippen LogP contribution is -2.10. The first-order chi connectivity index (χ1) is 9.72. The summed E-state index contributed by atoms with van der Waals surface area (Å²) in [4.78, 5) is 3.96. The first-order valence-corrected chi connectivity index (χ1v) is 7.42. The number of hydrogen-bond donors (Lipinski definition) is 2. The number of nitrogens with two attached hydrogens (primary N) is 1. The summed E-state index contributed by atoms with van der Waals surface area (Å²) >= 11 is 0. The summed E-state index contributed by atoms with van der Waals surface area (Å²) in [5.41, 5.74) is 7.34. The van der Waals surface area contributed by atoms with Gasteiger partial charge in [-0.3, -0.25) is 5.41 Å². The highest BCUT2D eigenvalue weighted by Gasteiger charge is 2.18. The van der Waals surface area contributed by atoms with Gasteiger partial charge in [0.25, 0.3) is 0 Å². The summed E-state index contributed by atoms with van der Waals surface area (Å²) in [6, 6.07) is 5.64. The van der Waals surface area contributed by atoms with Crippen molar-refractivity contribution in [3.05, 3.63) is 29.3 Å². The smallest absolute Gasteiger partial charge is 0.155 e. The Morgan fingerprint density at radius 3 is 2.65 bits per heavy atom. The number of unbranched alkanes of at least 4 members (excludes halogenated alkanes) is 5. The Kier molecular flexibility index (Phi) is 5.16. The second-order valence-corrected chi connectivity index (χ2v) is 5.17. The fourth-order valence-corrected chi connectivity index (χ4v) is 2.35. The van der Waals surface area contributed by atoms with Crippen molar-refractivity contribution in [2.75, 3.05) is 6.61 Å². The number of nitrogens with zero attached hydrogens (tertiary/aromatic N) is 1. The Bertz CT molecular complexity index is 508. The zero-order chi connectivity index (χ0) is 14.4. The van der Waals surface area contributed by atoms with Crippen molar-refractivity contribution >= 4 is 11.7 Å². The molecule has 0 unspecified atom stereocenters. The van der Waals surface area contributed by atoms with Crippen LogP contribution in [0.4, 0.5) is 0 Å². The highest BCUT2D eigenvalue weighted by molar-refractivity contribution is 6.20. The molecule has 1 aromatic rings. The molecule has 0 fully saturated rings. The molecule has 1 aliphatic rings. The summed E-state index contributed by atoms with van der Waals surface area (Å²) in [6.45, 7) is 2.96. The quantitative estimate of drug-likeness (QED) is 0.712. The minimum absolute atomic E-state index is 0.225. The van der Waals surface area contributed by atoms with E-state index in [9.17, 15) is 0 Å². The van der Waals surface area contributed by atoms with Crippen LogP contribution in [0, 0.1) is 5.41 Å². The summed E-state index contributed by atoms with van der Waals surface area (Å²) < 4.78 is 5.73. The van der Waals surface area contributed by atoms with Gasteiger partial charge in [-0.2, -0.15) is 0 Å². The lowest BCUT2D eigenvalue weighted by atomic mass is 10.1. The van der Waals surface area contributed by atoms with Crippen molar-refractivity contribution in [2.45, 2.75) is 45.4 Å². The van der Waals surface area contributed by atoms with Crippen molar-refractivity contribution < 1.29 is 4.74 Å². The van der Waals surface area contributed by atoms with Crippen molar-refractivity contribution in [3.63, 3.8) is 0 Å². The van der Waals surface area contributed by atoms with Crippen LogP contribution in [0.25, 0.3) is 0 Å². The molecule has 0 spiro atoms. The third kappa shape index (κ3) is 3.59. The molecule has 0 radical (unpaired) electrons. The van der Waals surface area contributed by atoms with Crippen LogP contribution < -0.4 is 10.5 Å². The van der Waals surface area contributed by atoms with Crippen molar-refractivity contribution in [1.29, 1.82) is 5.41 Å². The van der Waals surface area contributed by atoms with Gasteiger partial charge >= 0.3 is 0 Å². The maximum Gasteiger partial charge on any atom is 0.155 e. The van der Waals surface area contributed by atoms with E-state index >= 15 is 0 Å². The first kappa shape index (κ1) is 14.6. The Balaban J connectivity index is 1.75. The van der Waals surface area contributed by atoms with Crippen LogP contribution in [-0.4, -0.2) is 18.3 Å². The van der Waals surface area contributed by atoms with Crippen LogP contribution in [-0.2, 0) is 0 Å². The lowest BCUT2D eigenvalue weighted by molar-refractivity contribution is 0.304. The topological polar surface area (TPSA) is 71.5 Å². The molecule has 2 rings (SSSR count). The van der Waals surface area contributed by atoms with E-state index < -0.39 is 0 Å². The number of hydrogen-bond acceptors (Lipinski definition) is 3. The standard InChI is InChI=1S/C16H23N3O/c1-2-3-4-5-6-7-10-20-12-8-9-13-14(11-12)16(18)19-15(13)17/h8-9,11H,2-7,10H2,1H3,(H3,17,18,19). The van der Waals surface area contributed by atoms with E-state index in [1.165, 1.54) is 32.1 Å². The highest BCUT2D eigenvalue weighted by Crippen LogP contribution is 2.23. The number of rotatable bonds is 8. The molecule has 20 heavy (non-hydrogen) atoms. The molecule has 1 aliphatic heterocycles. The fourth-order valence-electron chi connectivity index (χ4n) is 2.35. The van der Waals surface area contributed by atoms with Gasteiger partial charge in [0.1, 0.15) is 11.6 Å². The minimum atomic E-state index is 0.225. The maximum atomic E-state index is 7.74. The average Bonchev–Trinajstić information content (AvgIpc) is 2.73. The largest absolute Gasteiger partial charge is 0.494 e. The molecule has 1 aromatic carbocycles. The molecule has 0 atom stereocenters. The molecule has 3 N–H and O–H groups in total. The molecule has 0 amide bonds. The molecule has 0 saturated heterocycles. The number of ether oxygens (including phenoxy) is 1. The summed E-state index contributed by atoms with van der Waals surface area (Å²) in [5, 5.41) is 7.74. The Morgan fingerprint density at radius 1 is 1.10 bits per heavy atom. The van der Waals surface area contributed by atoms with Crippen LogP contribution in [0.3, 0.4) is 0 Å². The third-order valence-corrected chi connectivity index (χ3v) is 3.52. The summed E-state index contributed by atoms with van der Waals surface area (Å²) in [7, 11) is 0.